The number of likely N-dealkylation sites (N-methyl/N-ethyl adjacent to an activating group) is 2. The molecule has 2 amide bonds. The minimum atomic E-state index is 0. The fraction of sp³-hybridized carbons (Fsp3) is 0.944. The molecule has 0 bridgehead atoms. The van der Waals surface area contributed by atoms with E-state index in [2.05, 4.69) is 38.6 Å². The zero-order chi connectivity index (χ0) is 32.8. The van der Waals surface area contributed by atoms with Gasteiger partial charge in [-0.1, -0.05) is 104 Å². The van der Waals surface area contributed by atoms with Crippen LogP contribution in [0.2, 0.25) is 0 Å². The third-order valence-electron chi connectivity index (χ3n) is 9.18. The SMILES string of the molecule is CCCCCCCCNC(=O)C[N+](C)(CCO)CCCCCCCCCC[N+](C)(CCO)CC(=O)NCCCCCCCC.[Br-].[Br-]. The van der Waals surface area contributed by atoms with Crippen LogP contribution in [0.5, 0.6) is 0 Å². The average Bonchev–Trinajstić information content (AvgIpc) is 2.97. The Kier molecular flexibility index (Phi) is 37.7. The van der Waals surface area contributed by atoms with Crippen LogP contribution in [0.15, 0.2) is 0 Å². The first-order chi connectivity index (χ1) is 21.2. The van der Waals surface area contributed by atoms with Crippen LogP contribution >= 0.6 is 0 Å². The second-order valence-electron chi connectivity index (χ2n) is 14.0. The summed E-state index contributed by atoms with van der Waals surface area (Å²) in [6.45, 7) is 10.2. The number of hydrogen-bond acceptors (Lipinski definition) is 4. The molecule has 46 heavy (non-hydrogen) atoms. The molecule has 0 radical (unpaired) electrons. The molecule has 0 heterocycles. The summed E-state index contributed by atoms with van der Waals surface area (Å²) < 4.78 is 1.22. The van der Waals surface area contributed by atoms with Crippen molar-refractivity contribution in [2.24, 2.45) is 0 Å². The molecule has 0 aliphatic heterocycles. The van der Waals surface area contributed by atoms with Gasteiger partial charge in [0, 0.05) is 13.1 Å². The van der Waals surface area contributed by atoms with Gasteiger partial charge in [-0.2, -0.15) is 0 Å². The van der Waals surface area contributed by atoms with Crippen molar-refractivity contribution in [2.75, 3.05) is 79.7 Å². The maximum absolute atomic E-state index is 12.5. The molecule has 4 N–H and O–H groups in total. The van der Waals surface area contributed by atoms with Crippen molar-refractivity contribution in [3.63, 3.8) is 0 Å². The van der Waals surface area contributed by atoms with E-state index in [4.69, 9.17) is 0 Å². The topological polar surface area (TPSA) is 98.7 Å². The molecule has 0 saturated carbocycles. The van der Waals surface area contributed by atoms with Crippen LogP contribution in [0.3, 0.4) is 0 Å². The molecule has 0 rings (SSSR count). The maximum Gasteiger partial charge on any atom is 0.275 e. The largest absolute Gasteiger partial charge is 1.00 e. The van der Waals surface area contributed by atoms with E-state index in [9.17, 15) is 19.8 Å². The van der Waals surface area contributed by atoms with Gasteiger partial charge in [0.05, 0.1) is 40.4 Å². The molecule has 0 aromatic carbocycles. The Hall–Kier alpha value is -0.260. The van der Waals surface area contributed by atoms with E-state index in [-0.39, 0.29) is 59.0 Å². The van der Waals surface area contributed by atoms with Crippen molar-refractivity contribution in [1.29, 1.82) is 0 Å². The van der Waals surface area contributed by atoms with Gasteiger partial charge >= 0.3 is 0 Å². The van der Waals surface area contributed by atoms with E-state index in [1.165, 1.54) is 89.9 Å². The number of carbonyl (C=O) groups is 2. The van der Waals surface area contributed by atoms with Gasteiger partial charge in [0.15, 0.2) is 13.1 Å². The predicted octanol–water partition coefficient (Wildman–Crippen LogP) is -0.0536. The van der Waals surface area contributed by atoms with Crippen molar-refractivity contribution in [2.45, 2.75) is 142 Å². The first-order valence-electron chi connectivity index (χ1n) is 18.7. The third-order valence-corrected chi connectivity index (χ3v) is 9.18. The second-order valence-corrected chi connectivity index (χ2v) is 14.0. The number of nitrogens with zero attached hydrogens (tertiary/aromatic N) is 2. The lowest BCUT2D eigenvalue weighted by atomic mass is 10.1. The summed E-state index contributed by atoms with van der Waals surface area (Å²) in [6.07, 6.45) is 24.1. The van der Waals surface area contributed by atoms with Gasteiger partial charge in [0.1, 0.15) is 13.1 Å². The van der Waals surface area contributed by atoms with Crippen LogP contribution < -0.4 is 44.6 Å². The summed E-state index contributed by atoms with van der Waals surface area (Å²) in [7, 11) is 4.20. The molecular weight excluding hydrogens is 712 g/mol. The van der Waals surface area contributed by atoms with Gasteiger partial charge in [0.25, 0.3) is 11.8 Å². The van der Waals surface area contributed by atoms with Crippen LogP contribution in [0.4, 0.5) is 0 Å². The number of nitrogens with one attached hydrogen (secondary N) is 2. The zero-order valence-electron chi connectivity index (χ0n) is 30.6. The van der Waals surface area contributed by atoms with E-state index in [0.717, 1.165) is 64.7 Å². The van der Waals surface area contributed by atoms with Gasteiger partial charge in [-0.25, -0.2) is 0 Å². The lowest BCUT2D eigenvalue weighted by molar-refractivity contribution is -0.902. The average molecular weight is 789 g/mol. The van der Waals surface area contributed by atoms with Crippen molar-refractivity contribution in [3.05, 3.63) is 0 Å². The molecule has 0 aliphatic carbocycles. The summed E-state index contributed by atoms with van der Waals surface area (Å²) in [6, 6.07) is 0. The maximum atomic E-state index is 12.5. The summed E-state index contributed by atoms with van der Waals surface area (Å²) in [4.78, 5) is 25.1. The summed E-state index contributed by atoms with van der Waals surface area (Å²) >= 11 is 0. The lowest BCUT2D eigenvalue weighted by Crippen LogP contribution is -3.00. The van der Waals surface area contributed by atoms with Crippen LogP contribution in [0.25, 0.3) is 0 Å². The van der Waals surface area contributed by atoms with Crippen LogP contribution in [0, 0.1) is 0 Å². The van der Waals surface area contributed by atoms with Crippen LogP contribution in [-0.4, -0.2) is 111 Å². The summed E-state index contributed by atoms with van der Waals surface area (Å²) in [5, 5.41) is 25.4. The number of hydrogen-bond donors (Lipinski definition) is 4. The Morgan fingerprint density at radius 3 is 1.04 bits per heavy atom. The number of aliphatic hydroxyl groups is 2. The Labute approximate surface area is 305 Å². The normalized spacial score (nSPS) is 13.6. The highest BCUT2D eigenvalue weighted by Crippen LogP contribution is 2.13. The smallest absolute Gasteiger partial charge is 0.275 e. The van der Waals surface area contributed by atoms with Crippen molar-refractivity contribution in [1.82, 2.24) is 10.6 Å². The second kappa shape index (κ2) is 34.6. The van der Waals surface area contributed by atoms with Gasteiger partial charge in [0.2, 0.25) is 0 Å². The standard InChI is InChI=1S/C36H74N4O4.2BrH/c1-5-7-9-11-17-21-25-37-35(43)33-39(3,29-31-41)27-23-19-15-13-14-16-20-24-28-40(4,30-32-42)34-36(44)38-26-22-18-12-10-8-6-2;;/h41-42H,5-34H2,1-4H3;2*1H. The molecule has 8 nitrogen and oxygen atoms in total. The molecule has 0 fully saturated rings. The first-order valence-corrected chi connectivity index (χ1v) is 18.7. The molecule has 0 saturated heterocycles. The van der Waals surface area contributed by atoms with Crippen LogP contribution in [0.1, 0.15) is 142 Å². The molecule has 10 heteroatoms. The monoisotopic (exact) mass is 786 g/mol. The number of halogens is 2. The molecule has 278 valence electrons. The van der Waals surface area contributed by atoms with Crippen molar-refractivity contribution >= 4 is 11.8 Å². The highest BCUT2D eigenvalue weighted by molar-refractivity contribution is 5.77. The minimum absolute atomic E-state index is 0. The number of aliphatic hydroxyl groups excluding tert-OH is 2. The number of unbranched alkanes of at least 4 members (excludes halogenated alkanes) is 17. The van der Waals surface area contributed by atoms with Gasteiger partial charge in [-0.3, -0.25) is 9.59 Å². The van der Waals surface area contributed by atoms with Gasteiger partial charge in [-0.05, 0) is 38.5 Å². The minimum Gasteiger partial charge on any atom is -1.00 e. The molecule has 0 aromatic heterocycles. The fourth-order valence-corrected chi connectivity index (χ4v) is 6.14. The Bertz CT molecular complexity index is 636. The summed E-state index contributed by atoms with van der Waals surface area (Å²) in [5.41, 5.74) is 0. The predicted molar refractivity (Wildman–Crippen MR) is 185 cm³/mol. The first kappa shape index (κ1) is 50.1. The number of rotatable bonds is 33. The van der Waals surface area contributed by atoms with Gasteiger partial charge < -0.3 is 63.8 Å². The highest BCUT2D eigenvalue weighted by Gasteiger charge is 2.25. The fourth-order valence-electron chi connectivity index (χ4n) is 6.14. The third kappa shape index (κ3) is 31.0. The van der Waals surface area contributed by atoms with E-state index < -0.39 is 0 Å². The lowest BCUT2D eigenvalue weighted by Gasteiger charge is -2.33. The molecule has 2 atom stereocenters. The number of quaternary nitrogens is 2. The van der Waals surface area contributed by atoms with E-state index >= 15 is 0 Å². The highest BCUT2D eigenvalue weighted by atomic mass is 79.9. The van der Waals surface area contributed by atoms with Gasteiger partial charge in [-0.15, -0.1) is 0 Å². The molecule has 0 spiro atoms. The van der Waals surface area contributed by atoms with Crippen molar-refractivity contribution in [3.8, 4) is 0 Å². The number of carbonyl (C=O) groups excluding carboxylic acids is 2. The molecule has 0 aromatic rings. The summed E-state index contributed by atoms with van der Waals surface area (Å²) in [5.74, 6) is 0.217. The number of amides is 2. The van der Waals surface area contributed by atoms with E-state index in [1.807, 2.05) is 0 Å². The Morgan fingerprint density at radius 2 is 0.739 bits per heavy atom. The van der Waals surface area contributed by atoms with Crippen molar-refractivity contribution < 1.29 is 62.7 Å². The molecule has 0 aliphatic rings. The molecule has 2 unspecified atom stereocenters. The quantitative estimate of drug-likeness (QED) is 0.0555. The Balaban J connectivity index is -0.00000924. The van der Waals surface area contributed by atoms with E-state index in [0.29, 0.717) is 35.1 Å². The Morgan fingerprint density at radius 1 is 0.457 bits per heavy atom. The molecular formula is C36H76Br2N4O4. The zero-order valence-corrected chi connectivity index (χ0v) is 33.7. The van der Waals surface area contributed by atoms with E-state index in [1.54, 1.807) is 0 Å². The van der Waals surface area contributed by atoms with Crippen LogP contribution in [-0.2, 0) is 9.59 Å².